The standard InChI is InChI=1S/C35H42O3S2/c1-3-5-23-37-26-27-38-25-21-33-17-19-35(40-33)31-14-10-29(11-15-31)7-6-28-8-12-30(13-9-28)34-18-16-32(39-34)20-24-36-22-4-2/h6-19H,3-5,20-27H2,1-2H3/b7-6+. The quantitative estimate of drug-likeness (QED) is 0.0874. The zero-order valence-corrected chi connectivity index (χ0v) is 25.5. The normalized spacial score (nSPS) is 11.6. The molecule has 2 aromatic heterocycles. The number of unbranched alkanes of at least 4 members (excludes halogenated alkanes) is 1. The Labute approximate surface area is 248 Å². The van der Waals surface area contributed by atoms with Gasteiger partial charge >= 0.3 is 0 Å². The molecule has 0 N–H and O–H groups in total. The van der Waals surface area contributed by atoms with Crippen molar-refractivity contribution in [1.82, 2.24) is 0 Å². The van der Waals surface area contributed by atoms with E-state index in [2.05, 4.69) is 98.8 Å². The van der Waals surface area contributed by atoms with Crippen LogP contribution in [-0.2, 0) is 27.1 Å². The summed E-state index contributed by atoms with van der Waals surface area (Å²) < 4.78 is 16.9. The molecule has 40 heavy (non-hydrogen) atoms. The van der Waals surface area contributed by atoms with Crippen molar-refractivity contribution in [2.75, 3.05) is 39.6 Å². The molecule has 0 aliphatic carbocycles. The molecule has 0 aliphatic heterocycles. The SMILES string of the molecule is CCCCOCCOCCc1ccc(-c2ccc(/C=C/c3ccc(-c4ccc(CCOCCC)s4)cc3)cc2)s1. The summed E-state index contributed by atoms with van der Waals surface area (Å²) in [5, 5.41) is 0. The maximum absolute atomic E-state index is 5.73. The Morgan fingerprint density at radius 3 is 1.45 bits per heavy atom. The predicted molar refractivity (Wildman–Crippen MR) is 174 cm³/mol. The van der Waals surface area contributed by atoms with Gasteiger partial charge in [0, 0.05) is 45.6 Å². The van der Waals surface area contributed by atoms with E-state index < -0.39 is 0 Å². The van der Waals surface area contributed by atoms with Crippen LogP contribution in [0.3, 0.4) is 0 Å². The van der Waals surface area contributed by atoms with Gasteiger partial charge in [0.2, 0.25) is 0 Å². The highest BCUT2D eigenvalue weighted by atomic mass is 32.1. The molecule has 3 nitrogen and oxygen atoms in total. The summed E-state index contributed by atoms with van der Waals surface area (Å²) in [6, 6.07) is 26.5. The van der Waals surface area contributed by atoms with E-state index in [0.29, 0.717) is 13.2 Å². The van der Waals surface area contributed by atoms with Crippen LogP contribution in [0, 0.1) is 0 Å². The fourth-order valence-corrected chi connectivity index (χ4v) is 6.19. The zero-order chi connectivity index (χ0) is 27.8. The zero-order valence-electron chi connectivity index (χ0n) is 23.9. The number of ether oxygens (including phenoxy) is 3. The molecule has 0 bridgehead atoms. The molecule has 0 saturated carbocycles. The van der Waals surface area contributed by atoms with E-state index in [0.717, 1.165) is 52.1 Å². The van der Waals surface area contributed by atoms with Crippen LogP contribution in [0.5, 0.6) is 0 Å². The van der Waals surface area contributed by atoms with Crippen LogP contribution in [0.25, 0.3) is 33.0 Å². The second kappa shape index (κ2) is 17.3. The van der Waals surface area contributed by atoms with E-state index in [4.69, 9.17) is 14.2 Å². The number of hydrogen-bond donors (Lipinski definition) is 0. The van der Waals surface area contributed by atoms with E-state index in [9.17, 15) is 0 Å². The molecule has 0 amide bonds. The Kier molecular flexibility index (Phi) is 13.2. The Balaban J connectivity index is 1.22. The Morgan fingerprint density at radius 1 is 0.500 bits per heavy atom. The number of hydrogen-bond acceptors (Lipinski definition) is 5. The van der Waals surface area contributed by atoms with Crippen molar-refractivity contribution in [2.24, 2.45) is 0 Å². The van der Waals surface area contributed by atoms with E-state index in [1.807, 2.05) is 22.7 Å². The highest BCUT2D eigenvalue weighted by molar-refractivity contribution is 7.15. The Bertz CT molecular complexity index is 1270. The first-order chi connectivity index (χ1) is 19.7. The monoisotopic (exact) mass is 574 g/mol. The van der Waals surface area contributed by atoms with Crippen molar-refractivity contribution in [3.63, 3.8) is 0 Å². The van der Waals surface area contributed by atoms with Crippen LogP contribution in [0.1, 0.15) is 54.0 Å². The molecule has 4 rings (SSSR count). The summed E-state index contributed by atoms with van der Waals surface area (Å²) in [6.45, 7) is 8.91. The summed E-state index contributed by atoms with van der Waals surface area (Å²) in [7, 11) is 0. The van der Waals surface area contributed by atoms with Crippen LogP contribution in [0.15, 0.2) is 72.8 Å². The van der Waals surface area contributed by atoms with Gasteiger partial charge in [0.25, 0.3) is 0 Å². The van der Waals surface area contributed by atoms with E-state index in [-0.39, 0.29) is 0 Å². The first kappa shape index (κ1) is 30.4. The molecule has 0 atom stereocenters. The molecule has 0 unspecified atom stereocenters. The molecule has 0 fully saturated rings. The van der Waals surface area contributed by atoms with Gasteiger partial charge < -0.3 is 14.2 Å². The summed E-state index contributed by atoms with van der Waals surface area (Å²) >= 11 is 3.71. The third-order valence-corrected chi connectivity index (χ3v) is 8.92. The third-order valence-electron chi connectivity index (χ3n) is 6.53. The summed E-state index contributed by atoms with van der Waals surface area (Å²) in [4.78, 5) is 5.35. The molecule has 2 aromatic carbocycles. The van der Waals surface area contributed by atoms with Gasteiger partial charge in [-0.2, -0.15) is 0 Å². The molecule has 212 valence electrons. The first-order valence-electron chi connectivity index (χ1n) is 14.5. The topological polar surface area (TPSA) is 27.7 Å². The van der Waals surface area contributed by atoms with Crippen LogP contribution >= 0.6 is 22.7 Å². The Morgan fingerprint density at radius 2 is 0.975 bits per heavy atom. The lowest BCUT2D eigenvalue weighted by Crippen LogP contribution is -2.07. The number of benzene rings is 2. The van der Waals surface area contributed by atoms with Crippen molar-refractivity contribution in [1.29, 1.82) is 0 Å². The molecule has 0 spiro atoms. The van der Waals surface area contributed by atoms with Crippen molar-refractivity contribution >= 4 is 34.8 Å². The number of rotatable bonds is 18. The fourth-order valence-electron chi connectivity index (χ4n) is 4.20. The van der Waals surface area contributed by atoms with Crippen molar-refractivity contribution in [2.45, 2.75) is 46.0 Å². The van der Waals surface area contributed by atoms with Crippen molar-refractivity contribution in [3.8, 4) is 20.9 Å². The molecule has 4 aromatic rings. The summed E-state index contributed by atoms with van der Waals surface area (Å²) in [6.07, 6.45) is 9.66. The summed E-state index contributed by atoms with van der Waals surface area (Å²) in [5.74, 6) is 0. The average Bonchev–Trinajstić information content (AvgIpc) is 3.67. The van der Waals surface area contributed by atoms with Crippen LogP contribution in [0.4, 0.5) is 0 Å². The lowest BCUT2D eigenvalue weighted by atomic mass is 10.1. The highest BCUT2D eigenvalue weighted by Gasteiger charge is 2.05. The maximum atomic E-state index is 5.73. The maximum Gasteiger partial charge on any atom is 0.0700 e. The van der Waals surface area contributed by atoms with Gasteiger partial charge in [-0.05, 0) is 59.4 Å². The minimum absolute atomic E-state index is 0.673. The van der Waals surface area contributed by atoms with Crippen molar-refractivity contribution in [3.05, 3.63) is 93.7 Å². The summed E-state index contributed by atoms with van der Waals surface area (Å²) in [5.41, 5.74) is 4.93. The molecule has 5 heteroatoms. The van der Waals surface area contributed by atoms with Gasteiger partial charge in [0.15, 0.2) is 0 Å². The molecular formula is C35H42O3S2. The molecular weight excluding hydrogens is 533 g/mol. The minimum Gasteiger partial charge on any atom is -0.381 e. The molecule has 0 aliphatic rings. The molecule has 0 saturated heterocycles. The highest BCUT2D eigenvalue weighted by Crippen LogP contribution is 2.30. The van der Waals surface area contributed by atoms with Gasteiger partial charge in [-0.25, -0.2) is 0 Å². The van der Waals surface area contributed by atoms with Gasteiger partial charge in [-0.3, -0.25) is 0 Å². The number of thiophene rings is 2. The predicted octanol–water partition coefficient (Wildman–Crippen LogP) is 9.66. The van der Waals surface area contributed by atoms with E-state index in [1.54, 1.807) is 0 Å². The second-order valence-corrected chi connectivity index (χ2v) is 12.1. The third kappa shape index (κ3) is 10.1. The first-order valence-corrected chi connectivity index (χ1v) is 16.2. The molecule has 0 radical (unpaired) electrons. The van der Waals surface area contributed by atoms with E-state index >= 15 is 0 Å². The van der Waals surface area contributed by atoms with Crippen molar-refractivity contribution < 1.29 is 14.2 Å². The smallest absolute Gasteiger partial charge is 0.0700 e. The fraction of sp³-hybridized carbons (Fsp3) is 0.371. The lowest BCUT2D eigenvalue weighted by Gasteiger charge is -2.04. The van der Waals surface area contributed by atoms with E-state index in [1.165, 1.54) is 48.2 Å². The second-order valence-electron chi connectivity index (χ2n) is 9.80. The van der Waals surface area contributed by atoms with Gasteiger partial charge in [0.1, 0.15) is 0 Å². The van der Waals surface area contributed by atoms with Crippen LogP contribution in [0.2, 0.25) is 0 Å². The van der Waals surface area contributed by atoms with Gasteiger partial charge in [-0.1, -0.05) is 81.0 Å². The Hall–Kier alpha value is -2.54. The molecule has 2 heterocycles. The van der Waals surface area contributed by atoms with Crippen LogP contribution in [-0.4, -0.2) is 39.6 Å². The largest absolute Gasteiger partial charge is 0.381 e. The van der Waals surface area contributed by atoms with Gasteiger partial charge in [-0.15, -0.1) is 22.7 Å². The minimum atomic E-state index is 0.673. The van der Waals surface area contributed by atoms with Gasteiger partial charge in [0.05, 0.1) is 26.4 Å². The van der Waals surface area contributed by atoms with Crippen LogP contribution < -0.4 is 0 Å². The average molecular weight is 575 g/mol. The lowest BCUT2D eigenvalue weighted by molar-refractivity contribution is 0.0480.